The maximum atomic E-state index is 9.72. The number of hydrogen-bond acceptors (Lipinski definition) is 5. The zero-order valence-electron chi connectivity index (χ0n) is 21.2. The molecule has 0 N–H and O–H groups in total. The van der Waals surface area contributed by atoms with E-state index in [4.69, 9.17) is 18.9 Å². The molecule has 5 heteroatoms. The van der Waals surface area contributed by atoms with Crippen LogP contribution in [0, 0.1) is 11.3 Å². The van der Waals surface area contributed by atoms with E-state index >= 15 is 0 Å². The Balaban J connectivity index is 1.94. The lowest BCUT2D eigenvalue weighted by Gasteiger charge is -2.12. The highest BCUT2D eigenvalue weighted by molar-refractivity contribution is 5.90. The predicted molar refractivity (Wildman–Crippen MR) is 139 cm³/mol. The van der Waals surface area contributed by atoms with E-state index in [1.165, 1.54) is 51.4 Å². The van der Waals surface area contributed by atoms with Gasteiger partial charge in [0, 0.05) is 0 Å². The molecule has 2 rings (SSSR count). The van der Waals surface area contributed by atoms with Crippen molar-refractivity contribution in [2.75, 3.05) is 27.9 Å². The molecule has 0 amide bonds. The van der Waals surface area contributed by atoms with Crippen LogP contribution in [0.25, 0.3) is 11.6 Å². The van der Waals surface area contributed by atoms with E-state index in [1.54, 1.807) is 33.5 Å². The molecule has 0 aliphatic heterocycles. The Morgan fingerprint density at radius 3 is 1.94 bits per heavy atom. The Labute approximate surface area is 205 Å². The van der Waals surface area contributed by atoms with Crippen LogP contribution >= 0.6 is 0 Å². The number of rotatable bonds is 16. The van der Waals surface area contributed by atoms with Gasteiger partial charge in [-0.1, -0.05) is 64.4 Å². The average Bonchev–Trinajstić information content (AvgIpc) is 2.88. The maximum Gasteiger partial charge on any atom is 0.161 e. The van der Waals surface area contributed by atoms with Crippen molar-refractivity contribution >= 4 is 11.6 Å². The largest absolute Gasteiger partial charge is 0.493 e. The van der Waals surface area contributed by atoms with Gasteiger partial charge in [0.2, 0.25) is 0 Å². The molecule has 0 saturated heterocycles. The number of allylic oxidation sites excluding steroid dienone is 1. The molecule has 0 spiro atoms. The van der Waals surface area contributed by atoms with E-state index < -0.39 is 0 Å². The number of nitrogens with zero attached hydrogens (tertiary/aromatic N) is 1. The lowest BCUT2D eigenvalue weighted by Crippen LogP contribution is -1.99. The lowest BCUT2D eigenvalue weighted by molar-refractivity contribution is 0.284. The van der Waals surface area contributed by atoms with Crippen molar-refractivity contribution in [1.29, 1.82) is 5.26 Å². The van der Waals surface area contributed by atoms with Gasteiger partial charge in [0.15, 0.2) is 23.0 Å². The van der Waals surface area contributed by atoms with E-state index in [0.29, 0.717) is 29.4 Å². The highest BCUT2D eigenvalue weighted by Crippen LogP contribution is 2.33. The highest BCUT2D eigenvalue weighted by atomic mass is 16.5. The van der Waals surface area contributed by atoms with Gasteiger partial charge in [-0.05, 0) is 54.0 Å². The minimum Gasteiger partial charge on any atom is -0.493 e. The van der Waals surface area contributed by atoms with Gasteiger partial charge in [-0.25, -0.2) is 0 Å². The molecule has 0 atom stereocenters. The zero-order chi connectivity index (χ0) is 24.6. The standard InChI is InChI=1S/C29H39NO4/c1-5-6-7-8-9-10-11-12-13-18-34-27-16-14-23(20-28(27)32-3)19-25(22-30)24-15-17-26(31-2)29(21-24)33-4/h14-17,19-21H,5-13,18H2,1-4H3. The summed E-state index contributed by atoms with van der Waals surface area (Å²) in [5, 5.41) is 9.72. The van der Waals surface area contributed by atoms with Crippen LogP contribution in [-0.4, -0.2) is 27.9 Å². The van der Waals surface area contributed by atoms with Gasteiger partial charge in [-0.2, -0.15) is 5.26 Å². The molecule has 5 nitrogen and oxygen atoms in total. The second-order valence-electron chi connectivity index (χ2n) is 8.33. The zero-order valence-corrected chi connectivity index (χ0v) is 21.2. The van der Waals surface area contributed by atoms with Gasteiger partial charge in [-0.15, -0.1) is 0 Å². The topological polar surface area (TPSA) is 60.7 Å². The molecule has 0 unspecified atom stereocenters. The van der Waals surface area contributed by atoms with Crippen molar-refractivity contribution in [3.63, 3.8) is 0 Å². The van der Waals surface area contributed by atoms with Crippen molar-refractivity contribution in [1.82, 2.24) is 0 Å². The second-order valence-corrected chi connectivity index (χ2v) is 8.33. The van der Waals surface area contributed by atoms with Gasteiger partial charge < -0.3 is 18.9 Å². The second kappa shape index (κ2) is 15.7. The molecule has 0 aliphatic carbocycles. The quantitative estimate of drug-likeness (QED) is 0.144. The number of ether oxygens (including phenoxy) is 4. The lowest BCUT2D eigenvalue weighted by atomic mass is 10.0. The van der Waals surface area contributed by atoms with Crippen molar-refractivity contribution in [3.8, 4) is 29.1 Å². The molecule has 2 aromatic rings. The molecule has 0 bridgehead atoms. The van der Waals surface area contributed by atoms with Crippen molar-refractivity contribution in [2.24, 2.45) is 0 Å². The fourth-order valence-corrected chi connectivity index (χ4v) is 3.84. The first-order chi connectivity index (χ1) is 16.7. The molecule has 0 saturated carbocycles. The van der Waals surface area contributed by atoms with Crippen LogP contribution in [-0.2, 0) is 0 Å². The van der Waals surface area contributed by atoms with Gasteiger partial charge in [0.05, 0.1) is 39.6 Å². The fourth-order valence-electron chi connectivity index (χ4n) is 3.84. The summed E-state index contributed by atoms with van der Waals surface area (Å²) in [6, 6.07) is 13.4. The van der Waals surface area contributed by atoms with Crippen molar-refractivity contribution in [3.05, 3.63) is 47.5 Å². The molecule has 184 valence electrons. The normalized spacial score (nSPS) is 11.1. The van der Waals surface area contributed by atoms with Gasteiger partial charge in [0.1, 0.15) is 0 Å². The summed E-state index contributed by atoms with van der Waals surface area (Å²) in [5.41, 5.74) is 2.13. The molecule has 34 heavy (non-hydrogen) atoms. The number of hydrogen-bond donors (Lipinski definition) is 0. The van der Waals surface area contributed by atoms with Crippen molar-refractivity contribution < 1.29 is 18.9 Å². The van der Waals surface area contributed by atoms with Crippen LogP contribution in [0.2, 0.25) is 0 Å². The van der Waals surface area contributed by atoms with E-state index in [2.05, 4.69) is 13.0 Å². The molecule has 0 aromatic heterocycles. The van der Waals surface area contributed by atoms with Crippen LogP contribution in [0.1, 0.15) is 75.8 Å². The summed E-state index contributed by atoms with van der Waals surface area (Å²) < 4.78 is 22.2. The van der Waals surface area contributed by atoms with Crippen LogP contribution in [0.15, 0.2) is 36.4 Å². The summed E-state index contributed by atoms with van der Waals surface area (Å²) >= 11 is 0. The third-order valence-corrected chi connectivity index (χ3v) is 5.82. The third-order valence-electron chi connectivity index (χ3n) is 5.82. The highest BCUT2D eigenvalue weighted by Gasteiger charge is 2.10. The molecule has 0 aliphatic rings. The van der Waals surface area contributed by atoms with E-state index in [1.807, 2.05) is 30.3 Å². The van der Waals surface area contributed by atoms with Crippen LogP contribution in [0.5, 0.6) is 23.0 Å². The number of methoxy groups -OCH3 is 3. The molecule has 0 radical (unpaired) electrons. The first-order valence-corrected chi connectivity index (χ1v) is 12.3. The van der Waals surface area contributed by atoms with Crippen LogP contribution in [0.4, 0.5) is 0 Å². The summed E-state index contributed by atoms with van der Waals surface area (Å²) in [4.78, 5) is 0. The predicted octanol–water partition coefficient (Wildman–Crippen LogP) is 7.69. The Morgan fingerprint density at radius 1 is 0.735 bits per heavy atom. The summed E-state index contributed by atoms with van der Waals surface area (Å²) in [6.07, 6.45) is 13.4. The fraction of sp³-hybridized carbons (Fsp3) is 0.483. The minimum atomic E-state index is 0.520. The Bertz CT molecular complexity index is 946. The Morgan fingerprint density at radius 2 is 1.32 bits per heavy atom. The van der Waals surface area contributed by atoms with E-state index in [0.717, 1.165) is 23.3 Å². The molecular formula is C29H39NO4. The summed E-state index contributed by atoms with van der Waals surface area (Å²) in [7, 11) is 4.80. The maximum absolute atomic E-state index is 9.72. The van der Waals surface area contributed by atoms with Gasteiger partial charge >= 0.3 is 0 Å². The SMILES string of the molecule is CCCCCCCCCCCOc1ccc(C=C(C#N)c2ccc(OC)c(OC)c2)cc1OC. The first-order valence-electron chi connectivity index (χ1n) is 12.3. The third kappa shape index (κ3) is 8.67. The van der Waals surface area contributed by atoms with Gasteiger partial charge in [-0.3, -0.25) is 0 Å². The average molecular weight is 466 g/mol. The smallest absolute Gasteiger partial charge is 0.161 e. The Hall–Kier alpha value is -3.13. The number of nitriles is 1. The van der Waals surface area contributed by atoms with Crippen LogP contribution in [0.3, 0.4) is 0 Å². The van der Waals surface area contributed by atoms with E-state index in [-0.39, 0.29) is 0 Å². The summed E-state index contributed by atoms with van der Waals surface area (Å²) in [6.45, 7) is 2.93. The number of benzene rings is 2. The summed E-state index contributed by atoms with van der Waals surface area (Å²) in [5.74, 6) is 2.59. The van der Waals surface area contributed by atoms with Crippen LogP contribution < -0.4 is 18.9 Å². The molecule has 0 fully saturated rings. The Kier molecular flexibility index (Phi) is 12.5. The van der Waals surface area contributed by atoms with E-state index in [9.17, 15) is 5.26 Å². The number of unbranched alkanes of at least 4 members (excludes halogenated alkanes) is 8. The molecule has 0 heterocycles. The van der Waals surface area contributed by atoms with Crippen molar-refractivity contribution in [2.45, 2.75) is 64.7 Å². The van der Waals surface area contributed by atoms with Gasteiger partial charge in [0.25, 0.3) is 0 Å². The molecule has 2 aromatic carbocycles. The molecular weight excluding hydrogens is 426 g/mol. The first kappa shape index (κ1) is 27.1. The minimum absolute atomic E-state index is 0.520. The monoisotopic (exact) mass is 465 g/mol.